The fourth-order valence-corrected chi connectivity index (χ4v) is 5.13. The second-order valence-corrected chi connectivity index (χ2v) is 8.89. The summed E-state index contributed by atoms with van der Waals surface area (Å²) in [6.45, 7) is 4.63. The van der Waals surface area contributed by atoms with Crippen molar-refractivity contribution < 1.29 is 13.2 Å². The van der Waals surface area contributed by atoms with Crippen molar-refractivity contribution in [2.75, 3.05) is 26.8 Å². The number of rotatable bonds is 8. The van der Waals surface area contributed by atoms with Crippen molar-refractivity contribution in [2.45, 2.75) is 32.1 Å². The molecule has 1 aromatic carbocycles. The Hall–Kier alpha value is -1.70. The van der Waals surface area contributed by atoms with Crippen molar-refractivity contribution in [1.29, 1.82) is 0 Å². The highest BCUT2D eigenvalue weighted by Gasteiger charge is 2.32. The van der Waals surface area contributed by atoms with Crippen molar-refractivity contribution >= 4 is 10.0 Å². The predicted molar refractivity (Wildman–Crippen MR) is 101 cm³/mol. The fourth-order valence-electron chi connectivity index (χ4n) is 3.51. The number of ether oxygens (including phenoxy) is 1. The van der Waals surface area contributed by atoms with E-state index in [-0.39, 0.29) is 5.75 Å². The third kappa shape index (κ3) is 4.52. The molecule has 1 saturated heterocycles. The van der Waals surface area contributed by atoms with E-state index in [1.165, 1.54) is 0 Å². The molecule has 0 spiro atoms. The molecule has 3 rings (SSSR count). The molecule has 2 heterocycles. The maximum atomic E-state index is 12.7. The van der Waals surface area contributed by atoms with Crippen LogP contribution in [0.4, 0.5) is 0 Å². The number of aromatic nitrogens is 2. The Kier molecular flexibility index (Phi) is 6.11. The third-order valence-corrected chi connectivity index (χ3v) is 6.78. The molecule has 0 aliphatic carbocycles. The number of benzene rings is 1. The molecular formula is C19H27N3O3S. The van der Waals surface area contributed by atoms with E-state index in [1.807, 2.05) is 43.5 Å². The molecule has 7 heteroatoms. The molecule has 1 aromatic heterocycles. The van der Waals surface area contributed by atoms with Gasteiger partial charge in [0.05, 0.1) is 12.4 Å². The zero-order valence-electron chi connectivity index (χ0n) is 15.5. The van der Waals surface area contributed by atoms with E-state index >= 15 is 0 Å². The lowest BCUT2D eigenvalue weighted by Crippen LogP contribution is -2.30. The lowest BCUT2D eigenvalue weighted by atomic mass is 10.0. The van der Waals surface area contributed by atoms with Crippen LogP contribution >= 0.6 is 0 Å². The Morgan fingerprint density at radius 3 is 2.77 bits per heavy atom. The second-order valence-electron chi connectivity index (χ2n) is 6.92. The average molecular weight is 378 g/mol. The summed E-state index contributed by atoms with van der Waals surface area (Å²) in [5.74, 6) is 1.40. The predicted octanol–water partition coefficient (Wildman–Crippen LogP) is 2.23. The summed E-state index contributed by atoms with van der Waals surface area (Å²) in [6.07, 6.45) is 3.56. The Bertz CT molecular complexity index is 818. The van der Waals surface area contributed by atoms with E-state index < -0.39 is 10.0 Å². The number of hydrogen-bond donors (Lipinski definition) is 0. The van der Waals surface area contributed by atoms with Gasteiger partial charge >= 0.3 is 0 Å². The first-order valence-electron chi connectivity index (χ1n) is 9.01. The molecule has 0 amide bonds. The molecule has 1 aliphatic heterocycles. The molecule has 0 saturated carbocycles. The Morgan fingerprint density at radius 2 is 2.04 bits per heavy atom. The molecular weight excluding hydrogens is 350 g/mol. The summed E-state index contributed by atoms with van der Waals surface area (Å²) >= 11 is 0. The largest absolute Gasteiger partial charge is 0.383 e. The zero-order valence-corrected chi connectivity index (χ0v) is 16.3. The van der Waals surface area contributed by atoms with Crippen LogP contribution in [0.2, 0.25) is 0 Å². The molecule has 2 aromatic rings. The van der Waals surface area contributed by atoms with Crippen LogP contribution in [0.15, 0.2) is 36.5 Å². The summed E-state index contributed by atoms with van der Waals surface area (Å²) in [4.78, 5) is 4.53. The van der Waals surface area contributed by atoms with Gasteiger partial charge in [0.25, 0.3) is 0 Å². The van der Waals surface area contributed by atoms with Crippen molar-refractivity contribution in [2.24, 2.45) is 5.92 Å². The molecule has 26 heavy (non-hydrogen) atoms. The number of hydrogen-bond acceptors (Lipinski definition) is 4. The first-order chi connectivity index (χ1) is 12.5. The molecule has 0 N–H and O–H groups in total. The van der Waals surface area contributed by atoms with E-state index in [9.17, 15) is 8.42 Å². The highest BCUT2D eigenvalue weighted by molar-refractivity contribution is 7.88. The van der Waals surface area contributed by atoms with Gasteiger partial charge in [0.1, 0.15) is 5.82 Å². The number of aryl methyl sites for hydroxylation is 1. The molecule has 1 aliphatic rings. The molecule has 1 atom stereocenters. The topological polar surface area (TPSA) is 64.4 Å². The minimum Gasteiger partial charge on any atom is -0.383 e. The van der Waals surface area contributed by atoms with Crippen LogP contribution in [0.1, 0.15) is 23.5 Å². The smallest absolute Gasteiger partial charge is 0.218 e. The molecule has 142 valence electrons. The summed E-state index contributed by atoms with van der Waals surface area (Å²) in [7, 11) is -1.58. The Morgan fingerprint density at radius 1 is 1.27 bits per heavy atom. The van der Waals surface area contributed by atoms with E-state index in [2.05, 4.69) is 9.55 Å². The summed E-state index contributed by atoms with van der Waals surface area (Å²) < 4.78 is 34.4. The van der Waals surface area contributed by atoms with Gasteiger partial charge < -0.3 is 9.30 Å². The van der Waals surface area contributed by atoms with Gasteiger partial charge in [-0.05, 0) is 24.8 Å². The lowest BCUT2D eigenvalue weighted by molar-refractivity contribution is 0.185. The first kappa shape index (κ1) is 19.1. The van der Waals surface area contributed by atoms with Crippen LogP contribution in [-0.2, 0) is 33.5 Å². The molecule has 0 bridgehead atoms. The quantitative estimate of drug-likeness (QED) is 0.708. The number of sulfonamides is 1. The Balaban J connectivity index is 1.62. The second kappa shape index (κ2) is 8.33. The monoisotopic (exact) mass is 377 g/mol. The van der Waals surface area contributed by atoms with E-state index in [0.29, 0.717) is 25.6 Å². The van der Waals surface area contributed by atoms with Gasteiger partial charge in [0.15, 0.2) is 0 Å². The minimum atomic E-state index is -3.27. The van der Waals surface area contributed by atoms with Crippen molar-refractivity contribution in [3.05, 3.63) is 53.6 Å². The molecule has 0 radical (unpaired) electrons. The van der Waals surface area contributed by atoms with Crippen LogP contribution in [0.25, 0.3) is 0 Å². The standard InChI is InChI=1S/C19H27N3O3S/c1-16-13-20-19(22(16)10-11-25-2)12-18-8-9-21(14-18)26(23,24)15-17-6-4-3-5-7-17/h3-7,13,18H,8-12,14-15H2,1-2H3. The van der Waals surface area contributed by atoms with Crippen LogP contribution in [0, 0.1) is 12.8 Å². The maximum Gasteiger partial charge on any atom is 0.218 e. The summed E-state index contributed by atoms with van der Waals surface area (Å²) in [5, 5.41) is 0. The zero-order chi connectivity index (χ0) is 18.6. The van der Waals surface area contributed by atoms with Gasteiger partial charge in [-0.3, -0.25) is 0 Å². The van der Waals surface area contributed by atoms with Crippen LogP contribution < -0.4 is 0 Å². The Labute approximate surface area is 155 Å². The van der Waals surface area contributed by atoms with E-state index in [4.69, 9.17) is 4.74 Å². The SMILES string of the molecule is COCCn1c(C)cnc1CC1CCN(S(=O)(=O)Cc2ccccc2)C1. The number of imidazole rings is 1. The van der Waals surface area contributed by atoms with Crippen molar-refractivity contribution in [1.82, 2.24) is 13.9 Å². The van der Waals surface area contributed by atoms with Gasteiger partial charge in [-0.15, -0.1) is 0 Å². The van der Waals surface area contributed by atoms with Crippen molar-refractivity contribution in [3.8, 4) is 0 Å². The number of nitrogens with zero attached hydrogens (tertiary/aromatic N) is 3. The fraction of sp³-hybridized carbons (Fsp3) is 0.526. The van der Waals surface area contributed by atoms with Crippen molar-refractivity contribution in [3.63, 3.8) is 0 Å². The lowest BCUT2D eigenvalue weighted by Gasteiger charge is -2.17. The van der Waals surface area contributed by atoms with Crippen LogP contribution in [0.5, 0.6) is 0 Å². The summed E-state index contributed by atoms with van der Waals surface area (Å²) in [6, 6.07) is 9.37. The number of methoxy groups -OCH3 is 1. The highest BCUT2D eigenvalue weighted by Crippen LogP contribution is 2.25. The maximum absolute atomic E-state index is 12.7. The van der Waals surface area contributed by atoms with Gasteiger partial charge in [-0.1, -0.05) is 30.3 Å². The van der Waals surface area contributed by atoms with Gasteiger partial charge in [-0.25, -0.2) is 17.7 Å². The average Bonchev–Trinajstić information content (AvgIpc) is 3.22. The highest BCUT2D eigenvalue weighted by atomic mass is 32.2. The van der Waals surface area contributed by atoms with E-state index in [0.717, 1.165) is 36.5 Å². The minimum absolute atomic E-state index is 0.0716. The first-order valence-corrected chi connectivity index (χ1v) is 10.6. The van der Waals surface area contributed by atoms with E-state index in [1.54, 1.807) is 11.4 Å². The van der Waals surface area contributed by atoms with Gasteiger partial charge in [0.2, 0.25) is 10.0 Å². The van der Waals surface area contributed by atoms with Crippen LogP contribution in [-0.4, -0.2) is 49.1 Å². The molecule has 1 fully saturated rings. The normalized spacial score (nSPS) is 18.5. The molecule has 1 unspecified atom stereocenters. The molecule has 6 nitrogen and oxygen atoms in total. The van der Waals surface area contributed by atoms with Gasteiger partial charge in [0, 0.05) is 45.1 Å². The third-order valence-electron chi connectivity index (χ3n) is 4.96. The van der Waals surface area contributed by atoms with Gasteiger partial charge in [-0.2, -0.15) is 0 Å². The van der Waals surface area contributed by atoms with Crippen LogP contribution in [0.3, 0.4) is 0 Å². The summed E-state index contributed by atoms with van der Waals surface area (Å²) in [5.41, 5.74) is 1.95.